The summed E-state index contributed by atoms with van der Waals surface area (Å²) in [6.07, 6.45) is 4.18. The molecule has 0 atom stereocenters. The number of likely N-dealkylation sites (N-methyl/N-ethyl adjacent to an activating group) is 1. The van der Waals surface area contributed by atoms with Gasteiger partial charge in [0, 0.05) is 33.2 Å². The van der Waals surface area contributed by atoms with Crippen LogP contribution in [0.3, 0.4) is 0 Å². The SMILES string of the molecule is C/C=C\N(C)CCN1CCOCC1. The van der Waals surface area contributed by atoms with Crippen LogP contribution in [0.4, 0.5) is 0 Å². The third kappa shape index (κ3) is 4.29. The maximum Gasteiger partial charge on any atom is 0.0594 e. The summed E-state index contributed by atoms with van der Waals surface area (Å²) in [6.45, 7) is 8.26. The Hall–Kier alpha value is -0.540. The number of nitrogens with zero attached hydrogens (tertiary/aromatic N) is 2. The van der Waals surface area contributed by atoms with Gasteiger partial charge in [-0.15, -0.1) is 0 Å². The van der Waals surface area contributed by atoms with E-state index < -0.39 is 0 Å². The van der Waals surface area contributed by atoms with Gasteiger partial charge in [0.25, 0.3) is 0 Å². The van der Waals surface area contributed by atoms with Gasteiger partial charge >= 0.3 is 0 Å². The van der Waals surface area contributed by atoms with E-state index in [4.69, 9.17) is 4.74 Å². The molecular weight excluding hydrogens is 164 g/mol. The summed E-state index contributed by atoms with van der Waals surface area (Å²) in [5, 5.41) is 0. The van der Waals surface area contributed by atoms with Gasteiger partial charge in [-0.3, -0.25) is 4.90 Å². The van der Waals surface area contributed by atoms with E-state index in [1.165, 1.54) is 0 Å². The Balaban J connectivity index is 2.09. The number of hydrogen-bond donors (Lipinski definition) is 0. The highest BCUT2D eigenvalue weighted by atomic mass is 16.5. The smallest absolute Gasteiger partial charge is 0.0594 e. The zero-order valence-electron chi connectivity index (χ0n) is 8.70. The molecule has 3 heteroatoms. The maximum absolute atomic E-state index is 5.28. The average Bonchev–Trinajstić information content (AvgIpc) is 2.17. The molecule has 13 heavy (non-hydrogen) atoms. The lowest BCUT2D eigenvalue weighted by Gasteiger charge is -2.28. The Kier molecular flexibility index (Phi) is 4.86. The monoisotopic (exact) mass is 184 g/mol. The molecule has 0 aromatic rings. The van der Waals surface area contributed by atoms with Gasteiger partial charge in [-0.25, -0.2) is 0 Å². The lowest BCUT2D eigenvalue weighted by atomic mass is 10.4. The van der Waals surface area contributed by atoms with Crippen LogP contribution in [-0.2, 0) is 4.74 Å². The molecule has 0 saturated carbocycles. The molecule has 0 aliphatic carbocycles. The molecule has 0 unspecified atom stereocenters. The fourth-order valence-corrected chi connectivity index (χ4v) is 1.45. The second-order valence-corrected chi connectivity index (χ2v) is 3.42. The molecule has 1 aliphatic heterocycles. The zero-order chi connectivity index (χ0) is 9.52. The molecular formula is C10H20N2O. The molecule has 0 radical (unpaired) electrons. The Bertz CT molecular complexity index is 153. The zero-order valence-corrected chi connectivity index (χ0v) is 8.70. The van der Waals surface area contributed by atoms with E-state index in [2.05, 4.69) is 29.1 Å². The predicted octanol–water partition coefficient (Wildman–Crippen LogP) is 0.784. The minimum atomic E-state index is 0.896. The van der Waals surface area contributed by atoms with Crippen molar-refractivity contribution < 1.29 is 4.74 Å². The summed E-state index contributed by atoms with van der Waals surface area (Å²) in [7, 11) is 2.11. The molecule has 0 bridgehead atoms. The van der Waals surface area contributed by atoms with Crippen LogP contribution in [0, 0.1) is 0 Å². The number of rotatable bonds is 4. The van der Waals surface area contributed by atoms with Crippen molar-refractivity contribution in [2.75, 3.05) is 46.4 Å². The molecule has 0 amide bonds. The first-order valence-corrected chi connectivity index (χ1v) is 4.96. The summed E-state index contributed by atoms with van der Waals surface area (Å²) in [5.41, 5.74) is 0. The van der Waals surface area contributed by atoms with E-state index >= 15 is 0 Å². The Morgan fingerprint density at radius 3 is 2.69 bits per heavy atom. The molecule has 1 saturated heterocycles. The predicted molar refractivity (Wildman–Crippen MR) is 54.7 cm³/mol. The fraction of sp³-hybridized carbons (Fsp3) is 0.800. The third-order valence-corrected chi connectivity index (χ3v) is 2.28. The quantitative estimate of drug-likeness (QED) is 0.642. The Labute approximate surface area is 81.0 Å². The van der Waals surface area contributed by atoms with E-state index in [0.29, 0.717) is 0 Å². The van der Waals surface area contributed by atoms with Crippen molar-refractivity contribution in [2.24, 2.45) is 0 Å². The highest BCUT2D eigenvalue weighted by Crippen LogP contribution is 1.96. The number of hydrogen-bond acceptors (Lipinski definition) is 3. The molecule has 1 heterocycles. The molecule has 1 aliphatic rings. The highest BCUT2D eigenvalue weighted by Gasteiger charge is 2.09. The minimum absolute atomic E-state index is 0.896. The second-order valence-electron chi connectivity index (χ2n) is 3.42. The molecule has 1 fully saturated rings. The number of ether oxygens (including phenoxy) is 1. The third-order valence-electron chi connectivity index (χ3n) is 2.28. The van der Waals surface area contributed by atoms with Gasteiger partial charge in [0.15, 0.2) is 0 Å². The van der Waals surface area contributed by atoms with Gasteiger partial charge in [-0.05, 0) is 13.1 Å². The summed E-state index contributed by atoms with van der Waals surface area (Å²) in [5.74, 6) is 0. The van der Waals surface area contributed by atoms with Crippen LogP contribution in [-0.4, -0.2) is 56.2 Å². The van der Waals surface area contributed by atoms with E-state index in [1.54, 1.807) is 0 Å². The molecule has 0 N–H and O–H groups in total. The van der Waals surface area contributed by atoms with Crippen molar-refractivity contribution in [1.29, 1.82) is 0 Å². The lowest BCUT2D eigenvalue weighted by molar-refractivity contribution is 0.0360. The Morgan fingerprint density at radius 2 is 2.08 bits per heavy atom. The van der Waals surface area contributed by atoms with Crippen LogP contribution in [0.15, 0.2) is 12.3 Å². The van der Waals surface area contributed by atoms with Crippen LogP contribution < -0.4 is 0 Å². The van der Waals surface area contributed by atoms with Gasteiger partial charge in [0.1, 0.15) is 0 Å². The molecule has 76 valence electrons. The van der Waals surface area contributed by atoms with Gasteiger partial charge in [0.05, 0.1) is 13.2 Å². The largest absolute Gasteiger partial charge is 0.379 e. The molecule has 0 spiro atoms. The van der Waals surface area contributed by atoms with E-state index in [1.807, 2.05) is 6.92 Å². The van der Waals surface area contributed by atoms with E-state index in [9.17, 15) is 0 Å². The van der Waals surface area contributed by atoms with Crippen molar-refractivity contribution in [3.05, 3.63) is 12.3 Å². The standard InChI is InChI=1S/C10H20N2O/c1-3-4-11(2)5-6-12-7-9-13-10-8-12/h3-4H,5-10H2,1-2H3/b4-3-. The van der Waals surface area contributed by atoms with Gasteiger partial charge < -0.3 is 9.64 Å². The molecule has 3 nitrogen and oxygen atoms in total. The second kappa shape index (κ2) is 6.00. The van der Waals surface area contributed by atoms with Crippen LogP contribution >= 0.6 is 0 Å². The molecule has 0 aromatic carbocycles. The fourth-order valence-electron chi connectivity index (χ4n) is 1.45. The summed E-state index contributed by atoms with van der Waals surface area (Å²) < 4.78 is 5.28. The average molecular weight is 184 g/mol. The van der Waals surface area contributed by atoms with Crippen LogP contribution in [0.1, 0.15) is 6.92 Å². The van der Waals surface area contributed by atoms with Crippen molar-refractivity contribution in [2.45, 2.75) is 6.92 Å². The van der Waals surface area contributed by atoms with Crippen molar-refractivity contribution in [3.8, 4) is 0 Å². The van der Waals surface area contributed by atoms with Crippen LogP contribution in [0.2, 0.25) is 0 Å². The minimum Gasteiger partial charge on any atom is -0.379 e. The van der Waals surface area contributed by atoms with Crippen molar-refractivity contribution in [3.63, 3.8) is 0 Å². The first kappa shape index (κ1) is 10.5. The van der Waals surface area contributed by atoms with Crippen LogP contribution in [0.5, 0.6) is 0 Å². The van der Waals surface area contributed by atoms with Crippen LogP contribution in [0.25, 0.3) is 0 Å². The summed E-state index contributed by atoms with van der Waals surface area (Å²) in [6, 6.07) is 0. The van der Waals surface area contributed by atoms with Crippen molar-refractivity contribution in [1.82, 2.24) is 9.80 Å². The maximum atomic E-state index is 5.28. The number of morpholine rings is 1. The molecule has 1 rings (SSSR count). The highest BCUT2D eigenvalue weighted by molar-refractivity contribution is 4.76. The van der Waals surface area contributed by atoms with E-state index in [0.717, 1.165) is 39.4 Å². The van der Waals surface area contributed by atoms with Gasteiger partial charge in [-0.1, -0.05) is 6.08 Å². The van der Waals surface area contributed by atoms with Gasteiger partial charge in [-0.2, -0.15) is 0 Å². The first-order valence-electron chi connectivity index (χ1n) is 4.96. The Morgan fingerprint density at radius 1 is 1.38 bits per heavy atom. The van der Waals surface area contributed by atoms with Gasteiger partial charge in [0.2, 0.25) is 0 Å². The van der Waals surface area contributed by atoms with E-state index in [-0.39, 0.29) is 0 Å². The lowest BCUT2D eigenvalue weighted by Crippen LogP contribution is -2.39. The number of allylic oxidation sites excluding steroid dienone is 1. The molecule has 0 aromatic heterocycles. The first-order chi connectivity index (χ1) is 6.33. The van der Waals surface area contributed by atoms with Crippen molar-refractivity contribution >= 4 is 0 Å². The topological polar surface area (TPSA) is 15.7 Å². The summed E-state index contributed by atoms with van der Waals surface area (Å²) >= 11 is 0. The normalized spacial score (nSPS) is 19.5. The summed E-state index contributed by atoms with van der Waals surface area (Å²) in [4.78, 5) is 4.67.